The summed E-state index contributed by atoms with van der Waals surface area (Å²) in [7, 11) is 0. The Morgan fingerprint density at radius 1 is 0.826 bits per heavy atom. The molecule has 23 heavy (non-hydrogen) atoms. The lowest BCUT2D eigenvalue weighted by atomic mass is 9.96. The second kappa shape index (κ2) is 4.51. The molecular weight excluding hydrogens is 298 g/mol. The smallest absolute Gasteiger partial charge is 0.270 e. The van der Waals surface area contributed by atoms with Gasteiger partial charge in [-0.05, 0) is 12.1 Å². The standard InChI is InChI=1S/C16H9N3O4/c20-15-13(9-3-1-2-4-11(9)17-15)14-10-7-8(19(22)23)5-6-12(10)18-16(14)21/h1-7H,(H,17,20)(H,18,21)/b14-13+. The zero-order chi connectivity index (χ0) is 16.1. The maximum atomic E-state index is 12.3. The molecule has 0 aliphatic carbocycles. The third-order valence-electron chi connectivity index (χ3n) is 3.88. The number of fused-ring (bicyclic) bond motifs is 2. The molecule has 112 valence electrons. The molecular formula is C16H9N3O4. The summed E-state index contributed by atoms with van der Waals surface area (Å²) in [4.78, 5) is 35.1. The van der Waals surface area contributed by atoms with Crippen molar-refractivity contribution in [2.24, 2.45) is 0 Å². The van der Waals surface area contributed by atoms with Crippen molar-refractivity contribution >= 4 is 40.0 Å². The van der Waals surface area contributed by atoms with Gasteiger partial charge >= 0.3 is 0 Å². The van der Waals surface area contributed by atoms with E-state index >= 15 is 0 Å². The SMILES string of the molecule is O=C1Nc2ccccc2/C1=C1\C(=O)Nc2ccc([N+](=O)[O-])cc21. The molecule has 0 bridgehead atoms. The van der Waals surface area contributed by atoms with E-state index in [4.69, 9.17) is 0 Å². The first-order valence-electron chi connectivity index (χ1n) is 6.81. The number of non-ortho nitro benzene ring substituents is 1. The number of nitro benzene ring substituents is 1. The molecule has 0 saturated heterocycles. The number of para-hydroxylation sites is 1. The molecule has 0 unspecified atom stereocenters. The summed E-state index contributed by atoms with van der Waals surface area (Å²) in [6.07, 6.45) is 0. The van der Waals surface area contributed by atoms with Crippen LogP contribution in [0.4, 0.5) is 17.1 Å². The van der Waals surface area contributed by atoms with E-state index in [2.05, 4.69) is 10.6 Å². The van der Waals surface area contributed by atoms with Crippen LogP contribution in [0.15, 0.2) is 42.5 Å². The van der Waals surface area contributed by atoms with Gasteiger partial charge in [0.05, 0.1) is 16.1 Å². The topological polar surface area (TPSA) is 101 Å². The number of nitrogens with zero attached hydrogens (tertiary/aromatic N) is 1. The zero-order valence-electron chi connectivity index (χ0n) is 11.6. The van der Waals surface area contributed by atoms with Crippen LogP contribution in [-0.4, -0.2) is 16.7 Å². The molecule has 2 N–H and O–H groups in total. The maximum Gasteiger partial charge on any atom is 0.270 e. The Kier molecular flexibility index (Phi) is 2.59. The van der Waals surface area contributed by atoms with Gasteiger partial charge < -0.3 is 10.6 Å². The Labute approximate surface area is 129 Å². The van der Waals surface area contributed by atoms with Gasteiger partial charge in [0.2, 0.25) is 0 Å². The number of carbonyl (C=O) groups excluding carboxylic acids is 2. The fraction of sp³-hybridized carbons (Fsp3) is 0. The van der Waals surface area contributed by atoms with Crippen LogP contribution in [0, 0.1) is 10.1 Å². The number of carbonyl (C=O) groups is 2. The summed E-state index contributed by atoms with van der Waals surface area (Å²) in [6.45, 7) is 0. The number of hydrogen-bond donors (Lipinski definition) is 2. The van der Waals surface area contributed by atoms with Crippen molar-refractivity contribution in [3.8, 4) is 0 Å². The van der Waals surface area contributed by atoms with E-state index in [1.807, 2.05) is 0 Å². The number of rotatable bonds is 1. The van der Waals surface area contributed by atoms with Gasteiger partial charge in [-0.2, -0.15) is 0 Å². The molecule has 2 aromatic carbocycles. The van der Waals surface area contributed by atoms with Gasteiger partial charge in [0.25, 0.3) is 17.5 Å². The molecule has 0 aromatic heterocycles. The molecule has 7 nitrogen and oxygen atoms in total. The van der Waals surface area contributed by atoms with Crippen molar-refractivity contribution in [1.82, 2.24) is 0 Å². The number of anilines is 2. The largest absolute Gasteiger partial charge is 0.321 e. The number of benzene rings is 2. The minimum Gasteiger partial charge on any atom is -0.321 e. The predicted octanol–water partition coefficient (Wildman–Crippen LogP) is 2.41. The van der Waals surface area contributed by atoms with Crippen LogP contribution in [0.25, 0.3) is 11.1 Å². The molecule has 0 atom stereocenters. The van der Waals surface area contributed by atoms with Crippen LogP contribution in [0.5, 0.6) is 0 Å². The van der Waals surface area contributed by atoms with Crippen LogP contribution >= 0.6 is 0 Å². The Morgan fingerprint density at radius 2 is 1.43 bits per heavy atom. The van der Waals surface area contributed by atoms with Crippen LogP contribution in [0.1, 0.15) is 11.1 Å². The van der Waals surface area contributed by atoms with E-state index in [9.17, 15) is 19.7 Å². The summed E-state index contributed by atoms with van der Waals surface area (Å²) >= 11 is 0. The van der Waals surface area contributed by atoms with Crippen molar-refractivity contribution in [2.45, 2.75) is 0 Å². The first-order chi connectivity index (χ1) is 11.1. The van der Waals surface area contributed by atoms with E-state index in [0.29, 0.717) is 22.5 Å². The van der Waals surface area contributed by atoms with Crippen molar-refractivity contribution < 1.29 is 14.5 Å². The van der Waals surface area contributed by atoms with Gasteiger partial charge in [0, 0.05) is 34.6 Å². The molecule has 2 aromatic rings. The molecule has 0 fully saturated rings. The lowest BCUT2D eigenvalue weighted by Crippen LogP contribution is -2.10. The van der Waals surface area contributed by atoms with Gasteiger partial charge in [-0.1, -0.05) is 18.2 Å². The summed E-state index contributed by atoms with van der Waals surface area (Å²) in [5, 5.41) is 16.3. The Balaban J connectivity index is 2.01. The van der Waals surface area contributed by atoms with E-state index in [1.165, 1.54) is 18.2 Å². The van der Waals surface area contributed by atoms with Gasteiger partial charge in [-0.15, -0.1) is 0 Å². The number of amides is 2. The van der Waals surface area contributed by atoms with E-state index in [0.717, 1.165) is 0 Å². The van der Waals surface area contributed by atoms with Crippen LogP contribution in [0.3, 0.4) is 0 Å². The molecule has 2 heterocycles. The van der Waals surface area contributed by atoms with Crippen LogP contribution in [-0.2, 0) is 9.59 Å². The lowest BCUT2D eigenvalue weighted by molar-refractivity contribution is -0.384. The van der Waals surface area contributed by atoms with Crippen LogP contribution in [0.2, 0.25) is 0 Å². The minimum absolute atomic E-state index is 0.134. The summed E-state index contributed by atoms with van der Waals surface area (Å²) < 4.78 is 0. The van der Waals surface area contributed by atoms with Crippen molar-refractivity contribution in [1.29, 1.82) is 0 Å². The molecule has 0 spiro atoms. The Hall–Kier alpha value is -3.48. The van der Waals surface area contributed by atoms with Crippen molar-refractivity contribution in [3.05, 3.63) is 63.7 Å². The third-order valence-corrected chi connectivity index (χ3v) is 3.88. The van der Waals surface area contributed by atoms with Gasteiger partial charge in [-0.3, -0.25) is 19.7 Å². The third kappa shape index (κ3) is 1.83. The van der Waals surface area contributed by atoms with Gasteiger partial charge in [-0.25, -0.2) is 0 Å². The monoisotopic (exact) mass is 307 g/mol. The average Bonchev–Trinajstić information content (AvgIpc) is 3.01. The Morgan fingerprint density at radius 3 is 2.13 bits per heavy atom. The molecule has 0 saturated carbocycles. The number of nitro groups is 1. The number of nitrogens with one attached hydrogen (secondary N) is 2. The highest BCUT2D eigenvalue weighted by Crippen LogP contribution is 2.42. The lowest BCUT2D eigenvalue weighted by Gasteiger charge is -2.03. The maximum absolute atomic E-state index is 12.3. The molecule has 7 heteroatoms. The highest BCUT2D eigenvalue weighted by Gasteiger charge is 2.35. The number of hydrogen-bond acceptors (Lipinski definition) is 4. The average molecular weight is 307 g/mol. The van der Waals surface area contributed by atoms with E-state index in [-0.39, 0.29) is 16.8 Å². The Bertz CT molecular complexity index is 946. The normalized spacial score (nSPS) is 18.3. The predicted molar refractivity (Wildman–Crippen MR) is 83.6 cm³/mol. The second-order valence-corrected chi connectivity index (χ2v) is 5.19. The summed E-state index contributed by atoms with van der Waals surface area (Å²) in [5.74, 6) is -0.835. The van der Waals surface area contributed by atoms with E-state index < -0.39 is 16.7 Å². The van der Waals surface area contributed by atoms with Crippen LogP contribution < -0.4 is 10.6 Å². The summed E-state index contributed by atoms with van der Waals surface area (Å²) in [5.41, 5.74) is 2.31. The van der Waals surface area contributed by atoms with Gasteiger partial charge in [0.15, 0.2) is 0 Å². The second-order valence-electron chi connectivity index (χ2n) is 5.19. The molecule has 2 aliphatic rings. The first kappa shape index (κ1) is 13.2. The first-order valence-corrected chi connectivity index (χ1v) is 6.81. The molecule has 2 amide bonds. The van der Waals surface area contributed by atoms with Crippen molar-refractivity contribution in [2.75, 3.05) is 10.6 Å². The van der Waals surface area contributed by atoms with Gasteiger partial charge in [0.1, 0.15) is 0 Å². The molecule has 0 radical (unpaired) electrons. The summed E-state index contributed by atoms with van der Waals surface area (Å²) in [6, 6.07) is 11.1. The highest BCUT2D eigenvalue weighted by atomic mass is 16.6. The fourth-order valence-corrected chi connectivity index (χ4v) is 2.88. The molecule has 2 aliphatic heterocycles. The van der Waals surface area contributed by atoms with E-state index in [1.54, 1.807) is 24.3 Å². The zero-order valence-corrected chi connectivity index (χ0v) is 11.6. The quantitative estimate of drug-likeness (QED) is 0.480. The molecule has 4 rings (SSSR count). The minimum atomic E-state index is -0.534. The van der Waals surface area contributed by atoms with Crippen molar-refractivity contribution in [3.63, 3.8) is 0 Å². The highest BCUT2D eigenvalue weighted by molar-refractivity contribution is 6.49. The fourth-order valence-electron chi connectivity index (χ4n) is 2.88.